The van der Waals surface area contributed by atoms with Crippen molar-refractivity contribution in [1.29, 1.82) is 0 Å². The quantitative estimate of drug-likeness (QED) is 0.837. The molecule has 0 saturated carbocycles. The Kier molecular flexibility index (Phi) is 2.91. The molecule has 0 amide bonds. The van der Waals surface area contributed by atoms with Crippen molar-refractivity contribution in [2.24, 2.45) is 0 Å². The maximum atomic E-state index is 4.81. The summed E-state index contributed by atoms with van der Waals surface area (Å²) in [5, 5.41) is 4.78. The standard InChI is InChI=1S/C15H20N2S/c1-15(2,3)14-17-12-9-10(6-7-13(12)18-14)11-5-4-8-16-11/h6-7,9,11,16H,4-5,8H2,1-3H3. The molecule has 3 rings (SSSR count). The van der Waals surface area contributed by atoms with Gasteiger partial charge in [0.1, 0.15) is 0 Å². The summed E-state index contributed by atoms with van der Waals surface area (Å²) in [5.74, 6) is 0. The molecule has 1 saturated heterocycles. The van der Waals surface area contributed by atoms with E-state index in [2.05, 4.69) is 44.3 Å². The normalized spacial score (nSPS) is 20.7. The molecule has 1 N–H and O–H groups in total. The average molecular weight is 260 g/mol. The Morgan fingerprint density at radius 1 is 1.33 bits per heavy atom. The van der Waals surface area contributed by atoms with Gasteiger partial charge >= 0.3 is 0 Å². The summed E-state index contributed by atoms with van der Waals surface area (Å²) in [4.78, 5) is 4.81. The van der Waals surface area contributed by atoms with Crippen molar-refractivity contribution in [3.63, 3.8) is 0 Å². The van der Waals surface area contributed by atoms with Gasteiger partial charge in [-0.25, -0.2) is 4.98 Å². The SMILES string of the molecule is CC(C)(C)c1nc2cc(C3CCCN3)ccc2s1. The van der Waals surface area contributed by atoms with Gasteiger partial charge in [0.25, 0.3) is 0 Å². The van der Waals surface area contributed by atoms with Crippen LogP contribution in [0.2, 0.25) is 0 Å². The topological polar surface area (TPSA) is 24.9 Å². The summed E-state index contributed by atoms with van der Waals surface area (Å²) < 4.78 is 1.31. The Hall–Kier alpha value is -0.930. The van der Waals surface area contributed by atoms with Gasteiger partial charge < -0.3 is 5.32 Å². The molecular weight excluding hydrogens is 240 g/mol. The lowest BCUT2D eigenvalue weighted by Gasteiger charge is -2.13. The monoisotopic (exact) mass is 260 g/mol. The highest BCUT2D eigenvalue weighted by molar-refractivity contribution is 7.18. The van der Waals surface area contributed by atoms with E-state index in [1.54, 1.807) is 0 Å². The number of nitrogens with one attached hydrogen (secondary N) is 1. The Bertz CT molecular complexity index is 559. The van der Waals surface area contributed by atoms with Gasteiger partial charge in [0, 0.05) is 11.5 Å². The van der Waals surface area contributed by atoms with Crippen LogP contribution in [0.15, 0.2) is 18.2 Å². The van der Waals surface area contributed by atoms with Crippen LogP contribution in [0.1, 0.15) is 50.2 Å². The van der Waals surface area contributed by atoms with E-state index in [9.17, 15) is 0 Å². The minimum absolute atomic E-state index is 0.148. The molecule has 1 aromatic carbocycles. The number of nitrogens with zero attached hydrogens (tertiary/aromatic N) is 1. The first-order valence-corrected chi connectivity index (χ1v) is 7.50. The second-order valence-electron chi connectivity index (χ2n) is 6.15. The molecule has 2 aromatic rings. The summed E-state index contributed by atoms with van der Waals surface area (Å²) in [7, 11) is 0. The zero-order valence-corrected chi connectivity index (χ0v) is 12.1. The lowest BCUT2D eigenvalue weighted by molar-refractivity contribution is 0.587. The molecule has 1 unspecified atom stereocenters. The van der Waals surface area contributed by atoms with E-state index >= 15 is 0 Å². The summed E-state index contributed by atoms with van der Waals surface area (Å²) >= 11 is 1.82. The van der Waals surface area contributed by atoms with Gasteiger partial charge in [-0.3, -0.25) is 0 Å². The molecular formula is C15H20N2S. The first-order chi connectivity index (χ1) is 8.54. The van der Waals surface area contributed by atoms with Gasteiger partial charge in [0.05, 0.1) is 15.2 Å². The third-order valence-electron chi connectivity index (χ3n) is 3.52. The van der Waals surface area contributed by atoms with Crippen LogP contribution in [0.25, 0.3) is 10.2 Å². The molecule has 1 atom stereocenters. The second-order valence-corrected chi connectivity index (χ2v) is 7.18. The van der Waals surface area contributed by atoms with Crippen LogP contribution in [-0.4, -0.2) is 11.5 Å². The molecule has 1 aliphatic heterocycles. The summed E-state index contributed by atoms with van der Waals surface area (Å²) in [6.45, 7) is 7.82. The minimum atomic E-state index is 0.148. The van der Waals surface area contributed by atoms with E-state index in [1.807, 2.05) is 11.3 Å². The zero-order valence-electron chi connectivity index (χ0n) is 11.3. The lowest BCUT2D eigenvalue weighted by atomic mass is 9.98. The van der Waals surface area contributed by atoms with Crippen molar-refractivity contribution in [3.05, 3.63) is 28.8 Å². The van der Waals surface area contributed by atoms with Crippen LogP contribution in [0.5, 0.6) is 0 Å². The average Bonchev–Trinajstić information content (AvgIpc) is 2.96. The van der Waals surface area contributed by atoms with Crippen LogP contribution in [0.4, 0.5) is 0 Å². The van der Waals surface area contributed by atoms with Crippen molar-refractivity contribution >= 4 is 21.6 Å². The molecule has 0 radical (unpaired) electrons. The van der Waals surface area contributed by atoms with E-state index < -0.39 is 0 Å². The molecule has 96 valence electrons. The van der Waals surface area contributed by atoms with Crippen molar-refractivity contribution < 1.29 is 0 Å². The number of hydrogen-bond acceptors (Lipinski definition) is 3. The van der Waals surface area contributed by atoms with Crippen LogP contribution >= 0.6 is 11.3 Å². The summed E-state index contributed by atoms with van der Waals surface area (Å²) in [6, 6.07) is 7.30. The minimum Gasteiger partial charge on any atom is -0.310 e. The lowest BCUT2D eigenvalue weighted by Crippen LogP contribution is -2.12. The number of aromatic nitrogens is 1. The Labute approximate surface area is 112 Å². The molecule has 3 heteroatoms. The van der Waals surface area contributed by atoms with Crippen molar-refractivity contribution in [3.8, 4) is 0 Å². The molecule has 0 aliphatic carbocycles. The number of benzene rings is 1. The number of thiazole rings is 1. The van der Waals surface area contributed by atoms with Crippen LogP contribution in [-0.2, 0) is 5.41 Å². The largest absolute Gasteiger partial charge is 0.310 e. The molecule has 1 aliphatic rings. The molecule has 1 fully saturated rings. The molecule has 0 spiro atoms. The van der Waals surface area contributed by atoms with E-state index in [0.29, 0.717) is 6.04 Å². The predicted octanol–water partition coefficient (Wildman–Crippen LogP) is 4.02. The third-order valence-corrected chi connectivity index (χ3v) is 4.98. The first-order valence-electron chi connectivity index (χ1n) is 6.68. The number of hydrogen-bond donors (Lipinski definition) is 1. The predicted molar refractivity (Wildman–Crippen MR) is 78.3 cm³/mol. The van der Waals surface area contributed by atoms with E-state index in [0.717, 1.165) is 12.1 Å². The molecule has 2 heterocycles. The maximum absolute atomic E-state index is 4.81. The highest BCUT2D eigenvalue weighted by Gasteiger charge is 2.20. The summed E-state index contributed by atoms with van der Waals surface area (Å²) in [5.41, 5.74) is 2.71. The van der Waals surface area contributed by atoms with Crippen LogP contribution in [0, 0.1) is 0 Å². The maximum Gasteiger partial charge on any atom is 0.0992 e. The second kappa shape index (κ2) is 4.32. The third kappa shape index (κ3) is 2.17. The molecule has 0 bridgehead atoms. The van der Waals surface area contributed by atoms with Gasteiger partial charge in [-0.05, 0) is 37.1 Å². The van der Waals surface area contributed by atoms with E-state index in [-0.39, 0.29) is 5.41 Å². The van der Waals surface area contributed by atoms with Crippen molar-refractivity contribution in [2.75, 3.05) is 6.54 Å². The molecule has 1 aromatic heterocycles. The summed E-state index contributed by atoms with van der Waals surface area (Å²) in [6.07, 6.45) is 2.54. The smallest absolute Gasteiger partial charge is 0.0992 e. The van der Waals surface area contributed by atoms with E-state index in [4.69, 9.17) is 4.98 Å². The molecule has 18 heavy (non-hydrogen) atoms. The van der Waals surface area contributed by atoms with Gasteiger partial charge in [-0.1, -0.05) is 26.8 Å². The Balaban J connectivity index is 2.01. The Morgan fingerprint density at radius 3 is 2.83 bits per heavy atom. The van der Waals surface area contributed by atoms with Gasteiger partial charge in [-0.2, -0.15) is 0 Å². The fourth-order valence-electron chi connectivity index (χ4n) is 2.45. The number of fused-ring (bicyclic) bond motifs is 1. The van der Waals surface area contributed by atoms with Crippen molar-refractivity contribution in [1.82, 2.24) is 10.3 Å². The highest BCUT2D eigenvalue weighted by atomic mass is 32.1. The van der Waals surface area contributed by atoms with Gasteiger partial charge in [-0.15, -0.1) is 11.3 Å². The fourth-order valence-corrected chi connectivity index (χ4v) is 3.45. The first kappa shape index (κ1) is 12.1. The Morgan fingerprint density at radius 2 is 2.17 bits per heavy atom. The van der Waals surface area contributed by atoms with Crippen LogP contribution < -0.4 is 5.32 Å². The molecule has 2 nitrogen and oxygen atoms in total. The highest BCUT2D eigenvalue weighted by Crippen LogP contribution is 2.33. The van der Waals surface area contributed by atoms with Gasteiger partial charge in [0.2, 0.25) is 0 Å². The van der Waals surface area contributed by atoms with Crippen molar-refractivity contribution in [2.45, 2.75) is 45.1 Å². The fraction of sp³-hybridized carbons (Fsp3) is 0.533. The number of rotatable bonds is 1. The van der Waals surface area contributed by atoms with E-state index in [1.165, 1.54) is 28.1 Å². The zero-order chi connectivity index (χ0) is 12.8. The van der Waals surface area contributed by atoms with Crippen LogP contribution in [0.3, 0.4) is 0 Å². The van der Waals surface area contributed by atoms with Gasteiger partial charge in [0.15, 0.2) is 0 Å².